The van der Waals surface area contributed by atoms with E-state index in [-0.39, 0.29) is 24.7 Å². The smallest absolute Gasteiger partial charge is 0.323 e. The highest BCUT2D eigenvalue weighted by atomic mass is 16.5. The maximum Gasteiger partial charge on any atom is 0.323 e. The zero-order valence-corrected chi connectivity index (χ0v) is 10.7. The Hall–Kier alpha value is -1.30. The molecule has 6 heteroatoms. The van der Waals surface area contributed by atoms with Crippen molar-refractivity contribution in [2.45, 2.75) is 37.8 Å². The zero-order valence-electron chi connectivity index (χ0n) is 10.7. The molecule has 0 aromatic rings. The van der Waals surface area contributed by atoms with E-state index in [1.54, 1.807) is 11.9 Å². The van der Waals surface area contributed by atoms with Gasteiger partial charge in [-0.25, -0.2) is 4.79 Å². The number of aliphatic carboxylic acids is 1. The molecule has 2 rings (SSSR count). The van der Waals surface area contributed by atoms with E-state index in [2.05, 4.69) is 0 Å². The lowest BCUT2D eigenvalue weighted by Gasteiger charge is -2.28. The van der Waals surface area contributed by atoms with Crippen LogP contribution >= 0.6 is 0 Å². The average Bonchev–Trinajstić information content (AvgIpc) is 3.04. The van der Waals surface area contributed by atoms with Crippen LogP contribution in [0, 0.1) is 0 Å². The number of likely N-dealkylation sites (N-methyl/N-ethyl adjacent to an activating group) is 1. The summed E-state index contributed by atoms with van der Waals surface area (Å²) in [6.45, 7) is 1.09. The second-order valence-corrected chi connectivity index (χ2v) is 5.05. The third kappa shape index (κ3) is 3.35. The lowest BCUT2D eigenvalue weighted by atomic mass is 10.2. The molecule has 1 saturated carbocycles. The van der Waals surface area contributed by atoms with Gasteiger partial charge in [-0.05, 0) is 25.7 Å². The number of urea groups is 1. The van der Waals surface area contributed by atoms with Crippen LogP contribution in [0.4, 0.5) is 4.79 Å². The summed E-state index contributed by atoms with van der Waals surface area (Å²) in [7, 11) is 1.71. The zero-order chi connectivity index (χ0) is 13.1. The molecule has 2 amide bonds. The van der Waals surface area contributed by atoms with Gasteiger partial charge in [0.1, 0.15) is 6.54 Å². The van der Waals surface area contributed by atoms with Crippen molar-refractivity contribution >= 4 is 12.0 Å². The maximum absolute atomic E-state index is 12.2. The highest BCUT2D eigenvalue weighted by Crippen LogP contribution is 2.27. The summed E-state index contributed by atoms with van der Waals surface area (Å²) in [6.07, 6.45) is 3.93. The second kappa shape index (κ2) is 5.56. The van der Waals surface area contributed by atoms with Crippen LogP contribution in [0.2, 0.25) is 0 Å². The van der Waals surface area contributed by atoms with Gasteiger partial charge >= 0.3 is 12.0 Å². The predicted octanol–water partition coefficient (Wildman–Crippen LogP) is 0.766. The Morgan fingerprint density at radius 1 is 1.33 bits per heavy atom. The highest BCUT2D eigenvalue weighted by molar-refractivity contribution is 5.80. The number of ether oxygens (including phenoxy) is 1. The molecule has 0 spiro atoms. The Morgan fingerprint density at radius 2 is 2.06 bits per heavy atom. The fraction of sp³-hybridized carbons (Fsp3) is 0.833. The third-order valence-corrected chi connectivity index (χ3v) is 3.37. The molecule has 0 aromatic carbocycles. The van der Waals surface area contributed by atoms with Crippen LogP contribution in [0.5, 0.6) is 0 Å². The quantitative estimate of drug-likeness (QED) is 0.788. The minimum Gasteiger partial charge on any atom is -0.480 e. The number of amides is 2. The molecule has 0 bridgehead atoms. The van der Waals surface area contributed by atoms with Gasteiger partial charge in [-0.3, -0.25) is 4.79 Å². The summed E-state index contributed by atoms with van der Waals surface area (Å²) in [5.41, 5.74) is 0. The molecule has 102 valence electrons. The molecule has 1 atom stereocenters. The first-order chi connectivity index (χ1) is 8.58. The number of carbonyl (C=O) groups is 2. The van der Waals surface area contributed by atoms with Crippen molar-refractivity contribution in [1.29, 1.82) is 0 Å². The largest absolute Gasteiger partial charge is 0.480 e. The lowest BCUT2D eigenvalue weighted by molar-refractivity contribution is -0.137. The van der Waals surface area contributed by atoms with Crippen LogP contribution in [0.15, 0.2) is 0 Å². The van der Waals surface area contributed by atoms with Crippen LogP contribution in [0.25, 0.3) is 0 Å². The molecule has 6 nitrogen and oxygen atoms in total. The van der Waals surface area contributed by atoms with Crippen molar-refractivity contribution < 1.29 is 19.4 Å². The predicted molar refractivity (Wildman–Crippen MR) is 64.4 cm³/mol. The number of carboxylic acid groups (broad SMARTS) is 1. The molecule has 1 aliphatic carbocycles. The molecule has 18 heavy (non-hydrogen) atoms. The van der Waals surface area contributed by atoms with E-state index in [1.165, 1.54) is 4.90 Å². The van der Waals surface area contributed by atoms with Crippen LogP contribution in [-0.4, -0.2) is 65.8 Å². The SMILES string of the molecule is CN(CC1CCCO1)C(=O)N(CC(=O)O)C1CC1. The van der Waals surface area contributed by atoms with Gasteiger partial charge in [-0.15, -0.1) is 0 Å². The summed E-state index contributed by atoms with van der Waals surface area (Å²) < 4.78 is 5.48. The number of hydrogen-bond acceptors (Lipinski definition) is 3. The first-order valence-corrected chi connectivity index (χ1v) is 6.43. The van der Waals surface area contributed by atoms with Gasteiger partial charge in [-0.2, -0.15) is 0 Å². The van der Waals surface area contributed by atoms with Crippen LogP contribution < -0.4 is 0 Å². The van der Waals surface area contributed by atoms with Gasteiger partial charge < -0.3 is 19.6 Å². The maximum atomic E-state index is 12.2. The minimum atomic E-state index is -0.958. The molecule has 1 unspecified atom stereocenters. The molecule has 2 fully saturated rings. The van der Waals surface area contributed by atoms with E-state index in [0.717, 1.165) is 32.3 Å². The molecule has 1 aliphatic heterocycles. The topological polar surface area (TPSA) is 70.1 Å². The van der Waals surface area contributed by atoms with E-state index in [0.29, 0.717) is 6.54 Å². The first-order valence-electron chi connectivity index (χ1n) is 6.43. The third-order valence-electron chi connectivity index (χ3n) is 3.37. The van der Waals surface area contributed by atoms with Crippen LogP contribution in [0.3, 0.4) is 0 Å². The number of carbonyl (C=O) groups excluding carboxylic acids is 1. The summed E-state index contributed by atoms with van der Waals surface area (Å²) in [5.74, 6) is -0.958. The van der Waals surface area contributed by atoms with E-state index < -0.39 is 5.97 Å². The Bertz CT molecular complexity index is 324. The van der Waals surface area contributed by atoms with Crippen molar-refractivity contribution in [3.63, 3.8) is 0 Å². The van der Waals surface area contributed by atoms with Crippen molar-refractivity contribution in [2.24, 2.45) is 0 Å². The molecule has 1 saturated heterocycles. The normalized spacial score (nSPS) is 22.8. The standard InChI is InChI=1S/C12H20N2O4/c1-13(7-10-3-2-6-18-10)12(17)14(8-11(15)16)9-4-5-9/h9-10H,2-8H2,1H3,(H,15,16). The fourth-order valence-electron chi connectivity index (χ4n) is 2.28. The van der Waals surface area contributed by atoms with Crippen molar-refractivity contribution in [3.8, 4) is 0 Å². The molecule has 0 radical (unpaired) electrons. The van der Waals surface area contributed by atoms with E-state index in [4.69, 9.17) is 9.84 Å². The molecule has 1 heterocycles. The summed E-state index contributed by atoms with van der Waals surface area (Å²) in [6, 6.07) is -0.0871. The average molecular weight is 256 g/mol. The molecule has 0 aromatic heterocycles. The Balaban J connectivity index is 1.87. The second-order valence-electron chi connectivity index (χ2n) is 5.05. The Morgan fingerprint density at radius 3 is 2.56 bits per heavy atom. The van der Waals surface area contributed by atoms with Gasteiger partial charge in [0.2, 0.25) is 0 Å². The van der Waals surface area contributed by atoms with Gasteiger partial charge in [-0.1, -0.05) is 0 Å². The van der Waals surface area contributed by atoms with Crippen LogP contribution in [-0.2, 0) is 9.53 Å². The summed E-state index contributed by atoms with van der Waals surface area (Å²) >= 11 is 0. The lowest BCUT2D eigenvalue weighted by Crippen LogP contribution is -2.47. The molecular formula is C12H20N2O4. The van der Waals surface area contributed by atoms with Gasteiger partial charge in [0.25, 0.3) is 0 Å². The van der Waals surface area contributed by atoms with Gasteiger partial charge in [0, 0.05) is 26.2 Å². The summed E-state index contributed by atoms with van der Waals surface area (Å²) in [5, 5.41) is 8.84. The molecular weight excluding hydrogens is 236 g/mol. The Labute approximate surface area is 106 Å². The Kier molecular flexibility index (Phi) is 4.06. The molecule has 2 aliphatic rings. The van der Waals surface area contributed by atoms with Crippen molar-refractivity contribution in [2.75, 3.05) is 26.7 Å². The van der Waals surface area contributed by atoms with E-state index >= 15 is 0 Å². The van der Waals surface area contributed by atoms with Crippen LogP contribution in [0.1, 0.15) is 25.7 Å². The van der Waals surface area contributed by atoms with Gasteiger partial charge in [0.05, 0.1) is 6.10 Å². The van der Waals surface area contributed by atoms with Gasteiger partial charge in [0.15, 0.2) is 0 Å². The fourth-order valence-corrected chi connectivity index (χ4v) is 2.28. The number of hydrogen-bond donors (Lipinski definition) is 1. The number of rotatable bonds is 5. The van der Waals surface area contributed by atoms with E-state index in [9.17, 15) is 9.59 Å². The highest BCUT2D eigenvalue weighted by Gasteiger charge is 2.35. The molecule has 1 N–H and O–H groups in total. The number of carboxylic acids is 1. The number of nitrogens with zero attached hydrogens (tertiary/aromatic N) is 2. The minimum absolute atomic E-state index is 0.102. The monoisotopic (exact) mass is 256 g/mol. The van der Waals surface area contributed by atoms with Crippen molar-refractivity contribution in [3.05, 3.63) is 0 Å². The first kappa shape index (κ1) is 13.1. The van der Waals surface area contributed by atoms with Crippen molar-refractivity contribution in [1.82, 2.24) is 9.80 Å². The summed E-state index contributed by atoms with van der Waals surface area (Å²) in [4.78, 5) is 26.0. The van der Waals surface area contributed by atoms with E-state index in [1.807, 2.05) is 0 Å².